The third-order valence-corrected chi connectivity index (χ3v) is 12.3. The van der Waals surface area contributed by atoms with Crippen LogP contribution in [-0.4, -0.2) is 83.0 Å². The number of aryl methyl sites for hydroxylation is 1. The molecule has 54 heavy (non-hydrogen) atoms. The van der Waals surface area contributed by atoms with Crippen LogP contribution in [0.25, 0.3) is 16.5 Å². The molecule has 0 radical (unpaired) electrons. The molecule has 3 aromatic rings. The first-order chi connectivity index (χ1) is 26.2. The summed E-state index contributed by atoms with van der Waals surface area (Å²) < 4.78 is 25.2. The van der Waals surface area contributed by atoms with Crippen molar-refractivity contribution in [2.75, 3.05) is 32.9 Å². The van der Waals surface area contributed by atoms with Crippen molar-refractivity contribution >= 4 is 34.5 Å². The van der Waals surface area contributed by atoms with Crippen molar-refractivity contribution in [2.45, 2.75) is 89.4 Å². The first kappa shape index (κ1) is 36.5. The molecule has 0 unspecified atom stereocenters. The molecular formula is C42H48N2O10. The molecule has 1 aromatic heterocycles. The lowest BCUT2D eigenvalue weighted by molar-refractivity contribution is -0.141. The molecule has 1 saturated carbocycles. The molecule has 8 rings (SSSR count). The van der Waals surface area contributed by atoms with Crippen molar-refractivity contribution in [1.82, 2.24) is 10.3 Å². The number of aliphatic hydroxyl groups is 3. The quantitative estimate of drug-likeness (QED) is 0.172. The number of hydrogen-bond donors (Lipinski definition) is 5. The maximum atomic E-state index is 13.9. The fourth-order valence-electron chi connectivity index (χ4n) is 9.27. The lowest BCUT2D eigenvalue weighted by atomic mass is 9.74. The Kier molecular flexibility index (Phi) is 9.89. The van der Waals surface area contributed by atoms with Gasteiger partial charge in [-0.3, -0.25) is 9.59 Å². The molecule has 12 heteroatoms. The number of aliphatic hydroxyl groups excluding tert-OH is 2. The van der Waals surface area contributed by atoms with Gasteiger partial charge in [0.25, 0.3) is 0 Å². The van der Waals surface area contributed by atoms with Gasteiger partial charge in [0.05, 0.1) is 36.5 Å². The summed E-state index contributed by atoms with van der Waals surface area (Å²) in [5.41, 5.74) is 4.02. The first-order valence-electron chi connectivity index (χ1n) is 19.2. The number of Topliss-reactive ketones (excluding diaryl/α,β-unsaturated/α-hetero) is 1. The summed E-state index contributed by atoms with van der Waals surface area (Å²) in [5, 5.41) is 38.1. The number of nitrogens with one attached hydrogen (secondary N) is 2. The van der Waals surface area contributed by atoms with E-state index in [1.165, 1.54) is 0 Å². The van der Waals surface area contributed by atoms with E-state index >= 15 is 0 Å². The number of H-pyrrole nitrogens is 1. The number of carbonyl (C=O) groups is 3. The highest BCUT2D eigenvalue weighted by molar-refractivity contribution is 6.11. The van der Waals surface area contributed by atoms with E-state index in [2.05, 4.69) is 22.4 Å². The van der Waals surface area contributed by atoms with Gasteiger partial charge in [-0.1, -0.05) is 5.57 Å². The van der Waals surface area contributed by atoms with E-state index in [9.17, 15) is 29.7 Å². The van der Waals surface area contributed by atoms with E-state index in [4.69, 9.17) is 18.9 Å². The van der Waals surface area contributed by atoms with Gasteiger partial charge in [-0.05, 0) is 106 Å². The van der Waals surface area contributed by atoms with Crippen molar-refractivity contribution in [2.24, 2.45) is 11.8 Å². The second-order valence-electron chi connectivity index (χ2n) is 15.4. The number of ketones is 1. The highest BCUT2D eigenvalue weighted by Gasteiger charge is 2.49. The minimum atomic E-state index is -1.24. The molecule has 4 atom stereocenters. The van der Waals surface area contributed by atoms with Gasteiger partial charge < -0.3 is 44.6 Å². The minimum absolute atomic E-state index is 0.0233. The van der Waals surface area contributed by atoms with Crippen LogP contribution in [0.15, 0.2) is 41.3 Å². The molecule has 2 bridgehead atoms. The molecular weight excluding hydrogens is 692 g/mol. The smallest absolute Gasteiger partial charge is 0.375 e. The maximum Gasteiger partial charge on any atom is 0.375 e. The molecule has 0 spiro atoms. The molecule has 2 fully saturated rings. The van der Waals surface area contributed by atoms with Crippen LogP contribution in [0.3, 0.4) is 0 Å². The van der Waals surface area contributed by atoms with E-state index in [-0.39, 0.29) is 79.3 Å². The van der Waals surface area contributed by atoms with E-state index in [1.807, 2.05) is 12.3 Å². The van der Waals surface area contributed by atoms with Crippen LogP contribution in [0.4, 0.5) is 0 Å². The highest BCUT2D eigenvalue weighted by atomic mass is 16.6. The van der Waals surface area contributed by atoms with Crippen molar-refractivity contribution < 1.29 is 48.7 Å². The van der Waals surface area contributed by atoms with Crippen LogP contribution in [0, 0.1) is 11.8 Å². The Morgan fingerprint density at radius 2 is 1.89 bits per heavy atom. The second kappa shape index (κ2) is 14.6. The zero-order valence-electron chi connectivity index (χ0n) is 30.8. The van der Waals surface area contributed by atoms with Gasteiger partial charge in [0.2, 0.25) is 5.76 Å². The zero-order valence-corrected chi connectivity index (χ0v) is 30.8. The number of hydrogen-bond acceptors (Lipinski definition) is 11. The molecule has 4 aliphatic heterocycles. The summed E-state index contributed by atoms with van der Waals surface area (Å²) in [6.45, 7) is 4.43. The van der Waals surface area contributed by atoms with Crippen LogP contribution < -0.4 is 19.5 Å². The molecule has 5 aliphatic rings. The Bertz CT molecular complexity index is 2070. The Morgan fingerprint density at radius 1 is 1.07 bits per heavy atom. The molecule has 1 aliphatic carbocycles. The summed E-state index contributed by atoms with van der Waals surface area (Å²) in [6, 6.07) is 6.12. The number of piperidine rings is 1. The molecule has 0 amide bonds. The third kappa shape index (κ3) is 6.13. The number of rotatable bonds is 7. The van der Waals surface area contributed by atoms with Crippen LogP contribution in [-0.2, 0) is 38.6 Å². The molecule has 12 nitrogen and oxygen atoms in total. The summed E-state index contributed by atoms with van der Waals surface area (Å²) in [6.07, 6.45) is 5.51. The van der Waals surface area contributed by atoms with E-state index in [1.54, 1.807) is 13.8 Å². The summed E-state index contributed by atoms with van der Waals surface area (Å²) >= 11 is 0. The predicted octanol–water partition coefficient (Wildman–Crippen LogP) is 4.35. The molecule has 286 valence electrons. The van der Waals surface area contributed by atoms with Gasteiger partial charge in [-0.15, -0.1) is 0 Å². The monoisotopic (exact) mass is 740 g/mol. The molecule has 2 aromatic carbocycles. The SMILES string of the molecule is CCOC(=O)C1=C(C=O)/C2=C3\CCC(=O)[C@H](C3)c3cc4cc[nH]c4cc3CC[C@H](CO)COc3c4c(c(CO)c(c32)O1)O[C@H]([C@](C)(O)C1CCNCC1)C4. The van der Waals surface area contributed by atoms with Gasteiger partial charge in [0.15, 0.2) is 6.29 Å². The van der Waals surface area contributed by atoms with E-state index in [0.717, 1.165) is 53.5 Å². The number of aromatic nitrogens is 1. The zero-order chi connectivity index (χ0) is 37.7. The fraction of sp³-hybridized carbons (Fsp3) is 0.500. The van der Waals surface area contributed by atoms with Gasteiger partial charge >= 0.3 is 5.97 Å². The van der Waals surface area contributed by atoms with Crippen LogP contribution in [0.5, 0.6) is 17.2 Å². The Morgan fingerprint density at radius 3 is 2.63 bits per heavy atom. The van der Waals surface area contributed by atoms with E-state index in [0.29, 0.717) is 53.7 Å². The Labute approximate surface area is 313 Å². The molecule has 1 saturated heterocycles. The number of benzene rings is 2. The van der Waals surface area contributed by atoms with Gasteiger partial charge in [0, 0.05) is 54.1 Å². The molecule has 5 heterocycles. The maximum absolute atomic E-state index is 13.9. The average Bonchev–Trinajstić information content (AvgIpc) is 3.85. The summed E-state index contributed by atoms with van der Waals surface area (Å²) in [5.74, 6) is -1.22. The number of carbonyl (C=O) groups excluding carboxylic acids is 3. The van der Waals surface area contributed by atoms with Crippen LogP contribution >= 0.6 is 0 Å². The number of fused-ring (bicyclic) bond motifs is 7. The largest absolute Gasteiger partial charge is 0.492 e. The number of esters is 1. The number of aldehydes is 1. The van der Waals surface area contributed by atoms with Crippen molar-refractivity contribution in [3.05, 3.63) is 69.1 Å². The lowest BCUT2D eigenvalue weighted by Crippen LogP contribution is -2.51. The number of allylic oxidation sites excluding steroid dienone is 3. The summed E-state index contributed by atoms with van der Waals surface area (Å²) in [4.78, 5) is 44.1. The fourth-order valence-corrected chi connectivity index (χ4v) is 9.27. The number of ether oxygens (including phenoxy) is 4. The Balaban J connectivity index is 1.37. The first-order valence-corrected chi connectivity index (χ1v) is 19.2. The van der Waals surface area contributed by atoms with Crippen LogP contribution in [0.1, 0.15) is 86.1 Å². The van der Waals surface area contributed by atoms with Crippen molar-refractivity contribution in [1.29, 1.82) is 0 Å². The van der Waals surface area contributed by atoms with Crippen molar-refractivity contribution in [3.8, 4) is 17.2 Å². The number of aromatic amines is 1. The standard InChI is InChI=1S/C42H48N2O10/c1-3-51-41(49)40-30(19-46)35-25-6-7-33(48)28(15-25)27-14-24-8-13-44-32(24)16-23(27)5-4-22(18-45)21-52-38-29-17-34(42(2,50)26-9-11-43-12-10-26)53-37(29)31(20-47)39(54-40)36(35)38/h8,13-14,16,19,22,26,28,34,43-45,47,50H,3-7,9-12,15,17-18,20-21H2,1-2H3/b35-25-/t22-,28-,34+,42-/m1/s1. The third-order valence-electron chi connectivity index (χ3n) is 12.3. The van der Waals surface area contributed by atoms with Gasteiger partial charge in [0.1, 0.15) is 34.7 Å². The van der Waals surface area contributed by atoms with Gasteiger partial charge in [-0.2, -0.15) is 0 Å². The van der Waals surface area contributed by atoms with Crippen molar-refractivity contribution in [3.63, 3.8) is 0 Å². The highest BCUT2D eigenvalue weighted by Crippen LogP contribution is 2.57. The second-order valence-corrected chi connectivity index (χ2v) is 15.4. The Hall–Kier alpha value is -4.49. The van der Waals surface area contributed by atoms with Gasteiger partial charge in [-0.25, -0.2) is 4.79 Å². The topological polar surface area (TPSA) is 177 Å². The van der Waals surface area contributed by atoms with E-state index < -0.39 is 30.2 Å². The molecule has 5 N–H and O–H groups in total. The predicted molar refractivity (Wildman–Crippen MR) is 198 cm³/mol. The average molecular weight is 741 g/mol. The normalized spacial score (nSPS) is 25.4. The minimum Gasteiger partial charge on any atom is -0.492 e. The van der Waals surface area contributed by atoms with Crippen LogP contribution in [0.2, 0.25) is 0 Å². The lowest BCUT2D eigenvalue weighted by Gasteiger charge is -2.39. The summed E-state index contributed by atoms with van der Waals surface area (Å²) in [7, 11) is 0.